The molecular weight excluding hydrogens is 344 g/mol. The number of nitrogens with one attached hydrogen (secondary N) is 4. The van der Waals surface area contributed by atoms with Crippen molar-refractivity contribution in [3.8, 4) is 0 Å². The Morgan fingerprint density at radius 3 is 1.35 bits per heavy atom. The van der Waals surface area contributed by atoms with Crippen LogP contribution in [-0.2, 0) is 0 Å². The molecule has 0 aliphatic rings. The molecule has 4 nitrogen and oxygen atoms in total. The maximum atomic E-state index is 4.57. The van der Waals surface area contributed by atoms with E-state index in [0.29, 0.717) is 0 Å². The van der Waals surface area contributed by atoms with Gasteiger partial charge in [0.15, 0.2) is 0 Å². The molecule has 4 N–H and O–H groups in total. The highest BCUT2D eigenvalue weighted by molar-refractivity contribution is 7.80. The summed E-state index contributed by atoms with van der Waals surface area (Å²) in [6.07, 6.45) is 0. The molecule has 0 aromatic heterocycles. The van der Waals surface area contributed by atoms with Crippen LogP contribution in [0.2, 0.25) is 0 Å². The molecule has 0 rings (SSSR count). The van der Waals surface area contributed by atoms with Crippen molar-refractivity contribution in [1.29, 1.82) is 0 Å². The van der Waals surface area contributed by atoms with Crippen LogP contribution in [-0.4, -0.2) is 66.6 Å². The second kappa shape index (κ2) is 11.5. The topological polar surface area (TPSA) is 48.1 Å². The van der Waals surface area contributed by atoms with Crippen LogP contribution in [0.5, 0.6) is 0 Å². The van der Waals surface area contributed by atoms with Gasteiger partial charge in [-0.2, -0.15) is 37.9 Å². The number of likely N-dealkylation sites (N-methyl/N-ethyl adjacent to an activating group) is 2. The lowest BCUT2D eigenvalue weighted by atomic mass is 9.98. The molecule has 23 heavy (non-hydrogen) atoms. The summed E-state index contributed by atoms with van der Waals surface area (Å²) in [5, 5.41) is 14.3. The van der Waals surface area contributed by atoms with Gasteiger partial charge in [0.2, 0.25) is 0 Å². The minimum absolute atomic E-state index is 0.0152. The molecule has 0 aromatic carbocycles. The summed E-state index contributed by atoms with van der Waals surface area (Å²) in [7, 11) is 0. The average molecular weight is 383 g/mol. The van der Waals surface area contributed by atoms with E-state index in [0.717, 1.165) is 50.0 Å². The van der Waals surface area contributed by atoms with Gasteiger partial charge >= 0.3 is 0 Å². The summed E-state index contributed by atoms with van der Waals surface area (Å²) >= 11 is 13.6. The Bertz CT molecular complexity index is 322. The van der Waals surface area contributed by atoms with Gasteiger partial charge in [0.25, 0.3) is 0 Å². The molecular formula is C16H38N4S3. The van der Waals surface area contributed by atoms with Gasteiger partial charge in [-0.1, -0.05) is 13.8 Å². The van der Waals surface area contributed by atoms with Crippen LogP contribution in [0, 0.1) is 0 Å². The highest BCUT2D eigenvalue weighted by Gasteiger charge is 2.30. The average Bonchev–Trinajstić information content (AvgIpc) is 2.56. The van der Waals surface area contributed by atoms with Crippen LogP contribution < -0.4 is 21.3 Å². The van der Waals surface area contributed by atoms with Crippen molar-refractivity contribution in [2.24, 2.45) is 0 Å². The molecule has 0 radical (unpaired) electrons. The standard InChI is InChI=1S/C16H38N4S3/c1-6-17-8-14(3,11-21)19-10-16(5,13-23)20-9-15(4,12-22)18-7-2/h17-23H,6-13H2,1-5H3/t14-,15-,16-/m1/s1. The van der Waals surface area contributed by atoms with E-state index in [4.69, 9.17) is 0 Å². The first-order valence-electron chi connectivity index (χ1n) is 8.50. The van der Waals surface area contributed by atoms with Gasteiger partial charge in [-0.25, -0.2) is 0 Å². The molecule has 0 saturated carbocycles. The van der Waals surface area contributed by atoms with Gasteiger partial charge in [-0.05, 0) is 33.9 Å². The zero-order valence-corrected chi connectivity index (χ0v) is 18.2. The Hall–Kier alpha value is 0.890. The predicted molar refractivity (Wildman–Crippen MR) is 115 cm³/mol. The summed E-state index contributed by atoms with van der Waals surface area (Å²) in [6.45, 7) is 15.4. The summed E-state index contributed by atoms with van der Waals surface area (Å²) in [6, 6.07) is 0. The molecule has 0 amide bonds. The molecule has 0 spiro atoms. The SMILES string of the molecule is CCNC[C@](C)(CS)NC[C@](C)(CS)NC[C@](C)(CS)NCC. The summed E-state index contributed by atoms with van der Waals surface area (Å²) in [5.41, 5.74) is -0.128. The first kappa shape index (κ1) is 23.9. The van der Waals surface area contributed by atoms with Gasteiger partial charge < -0.3 is 21.3 Å². The lowest BCUT2D eigenvalue weighted by Crippen LogP contribution is -2.63. The molecule has 0 saturated heterocycles. The van der Waals surface area contributed by atoms with Crippen molar-refractivity contribution in [3.05, 3.63) is 0 Å². The summed E-state index contributed by atoms with van der Waals surface area (Å²) in [4.78, 5) is 0. The van der Waals surface area contributed by atoms with Gasteiger partial charge in [-0.15, -0.1) is 0 Å². The quantitative estimate of drug-likeness (QED) is 0.233. The lowest BCUT2D eigenvalue weighted by molar-refractivity contribution is 0.273. The molecule has 0 aliphatic carbocycles. The third kappa shape index (κ3) is 9.23. The van der Waals surface area contributed by atoms with Crippen LogP contribution in [0.3, 0.4) is 0 Å². The first-order valence-corrected chi connectivity index (χ1v) is 10.4. The Labute approximate surface area is 160 Å². The van der Waals surface area contributed by atoms with E-state index in [1.54, 1.807) is 0 Å². The van der Waals surface area contributed by atoms with E-state index in [-0.39, 0.29) is 16.6 Å². The van der Waals surface area contributed by atoms with Crippen molar-refractivity contribution >= 4 is 37.9 Å². The zero-order chi connectivity index (χ0) is 18.0. The van der Waals surface area contributed by atoms with Gasteiger partial charge in [-0.3, -0.25) is 0 Å². The second-order valence-corrected chi connectivity index (χ2v) is 8.12. The van der Waals surface area contributed by atoms with Crippen molar-refractivity contribution in [2.75, 3.05) is 50.0 Å². The number of thiol groups is 3. The normalized spacial score (nSPS) is 19.8. The van der Waals surface area contributed by atoms with E-state index >= 15 is 0 Å². The Morgan fingerprint density at radius 1 is 0.609 bits per heavy atom. The maximum absolute atomic E-state index is 4.57. The highest BCUT2D eigenvalue weighted by Crippen LogP contribution is 2.13. The molecule has 140 valence electrons. The van der Waals surface area contributed by atoms with Crippen LogP contribution in [0.4, 0.5) is 0 Å². The third-order valence-electron chi connectivity index (χ3n) is 4.23. The van der Waals surface area contributed by atoms with Gasteiger partial charge in [0.1, 0.15) is 0 Å². The summed E-state index contributed by atoms with van der Waals surface area (Å²) in [5.74, 6) is 2.34. The van der Waals surface area contributed by atoms with Crippen LogP contribution in [0.15, 0.2) is 0 Å². The largest absolute Gasteiger partial charge is 0.315 e. The monoisotopic (exact) mass is 382 g/mol. The Kier molecular flexibility index (Phi) is 11.9. The van der Waals surface area contributed by atoms with E-state index in [2.05, 4.69) is 93.8 Å². The first-order chi connectivity index (χ1) is 10.7. The van der Waals surface area contributed by atoms with Crippen molar-refractivity contribution in [1.82, 2.24) is 21.3 Å². The third-order valence-corrected chi connectivity index (χ3v) is 6.32. The molecule has 0 aromatic rings. The maximum Gasteiger partial charge on any atom is 0.0367 e. The minimum Gasteiger partial charge on any atom is -0.315 e. The summed E-state index contributed by atoms with van der Waals surface area (Å²) < 4.78 is 0. The molecule has 0 fully saturated rings. The molecule has 3 atom stereocenters. The van der Waals surface area contributed by atoms with E-state index in [9.17, 15) is 0 Å². The second-order valence-electron chi connectivity index (χ2n) is 7.17. The fraction of sp³-hybridized carbons (Fsp3) is 1.00. The predicted octanol–water partition coefficient (Wildman–Crippen LogP) is 1.45. The number of rotatable bonds is 14. The molecule has 7 heteroatoms. The smallest absolute Gasteiger partial charge is 0.0367 e. The lowest BCUT2D eigenvalue weighted by Gasteiger charge is -2.39. The van der Waals surface area contributed by atoms with Crippen molar-refractivity contribution in [3.63, 3.8) is 0 Å². The van der Waals surface area contributed by atoms with Gasteiger partial charge in [0, 0.05) is 53.5 Å². The van der Waals surface area contributed by atoms with E-state index in [1.165, 1.54) is 0 Å². The van der Waals surface area contributed by atoms with Crippen LogP contribution >= 0.6 is 37.9 Å². The Balaban J connectivity index is 4.64. The molecule has 0 aliphatic heterocycles. The molecule has 0 bridgehead atoms. The van der Waals surface area contributed by atoms with E-state index < -0.39 is 0 Å². The molecule has 0 heterocycles. The van der Waals surface area contributed by atoms with E-state index in [1.807, 2.05) is 0 Å². The van der Waals surface area contributed by atoms with Crippen LogP contribution in [0.25, 0.3) is 0 Å². The van der Waals surface area contributed by atoms with Crippen molar-refractivity contribution < 1.29 is 0 Å². The fourth-order valence-corrected chi connectivity index (χ4v) is 2.84. The zero-order valence-electron chi connectivity index (χ0n) is 15.5. The Morgan fingerprint density at radius 2 is 1.00 bits per heavy atom. The van der Waals surface area contributed by atoms with Crippen molar-refractivity contribution in [2.45, 2.75) is 51.2 Å². The number of hydrogen-bond donors (Lipinski definition) is 7. The van der Waals surface area contributed by atoms with Crippen LogP contribution in [0.1, 0.15) is 34.6 Å². The fourth-order valence-electron chi connectivity index (χ4n) is 2.17. The highest BCUT2D eigenvalue weighted by atomic mass is 32.1. The van der Waals surface area contributed by atoms with Gasteiger partial charge in [0.05, 0.1) is 0 Å². The molecule has 0 unspecified atom stereocenters. The minimum atomic E-state index is -0.0842. The number of hydrogen-bond acceptors (Lipinski definition) is 7.